The number of hydrogen-bond acceptors (Lipinski definition) is 4. The first-order valence-electron chi connectivity index (χ1n) is 4.53. The molecule has 2 N–H and O–H groups in total. The van der Waals surface area contributed by atoms with E-state index in [0.717, 1.165) is 0 Å². The van der Waals surface area contributed by atoms with Gasteiger partial charge in [-0.3, -0.25) is 9.00 Å². The van der Waals surface area contributed by atoms with E-state index in [2.05, 4.69) is 15.4 Å². The fourth-order valence-electron chi connectivity index (χ4n) is 0.735. The van der Waals surface area contributed by atoms with Crippen LogP contribution < -0.4 is 10.6 Å². The molecule has 2 amide bonds. The summed E-state index contributed by atoms with van der Waals surface area (Å²) < 4.78 is 15.2. The lowest BCUT2D eigenvalue weighted by Gasteiger charge is -2.06. The highest BCUT2D eigenvalue weighted by atomic mass is 32.2. The number of amides is 2. The molecule has 0 bridgehead atoms. The van der Waals surface area contributed by atoms with Gasteiger partial charge in [0, 0.05) is 29.4 Å². The van der Waals surface area contributed by atoms with Gasteiger partial charge in [-0.15, -0.1) is 0 Å². The maximum absolute atomic E-state index is 11.0. The second kappa shape index (κ2) is 8.22. The average Bonchev–Trinajstić information content (AvgIpc) is 2.14. The SMILES string of the molecule is CCOC(=O)CNC(=O)NCCS(C)=O. The fraction of sp³-hybridized carbons (Fsp3) is 0.750. The highest BCUT2D eigenvalue weighted by Crippen LogP contribution is 1.76. The molecule has 0 aromatic rings. The standard InChI is InChI=1S/C8H16N2O4S/c1-3-14-7(11)6-10-8(12)9-4-5-15(2)13/h3-6H2,1-2H3,(H2,9,10,12). The van der Waals surface area contributed by atoms with Gasteiger partial charge in [-0.2, -0.15) is 0 Å². The number of rotatable bonds is 6. The molecule has 0 aliphatic carbocycles. The third kappa shape index (κ3) is 9.20. The number of hydrogen-bond donors (Lipinski definition) is 2. The van der Waals surface area contributed by atoms with Crippen LogP contribution in [0.15, 0.2) is 0 Å². The van der Waals surface area contributed by atoms with Gasteiger partial charge in [0.05, 0.1) is 6.61 Å². The molecular weight excluding hydrogens is 220 g/mol. The predicted octanol–water partition coefficient (Wildman–Crippen LogP) is -0.773. The molecule has 0 aromatic carbocycles. The molecule has 1 unspecified atom stereocenters. The average molecular weight is 236 g/mol. The summed E-state index contributed by atoms with van der Waals surface area (Å²) in [4.78, 5) is 21.8. The highest BCUT2D eigenvalue weighted by molar-refractivity contribution is 7.84. The minimum absolute atomic E-state index is 0.158. The molecular formula is C8H16N2O4S. The summed E-state index contributed by atoms with van der Waals surface area (Å²) in [5.41, 5.74) is 0. The normalized spacial score (nSPS) is 11.6. The first-order chi connectivity index (χ1) is 7.06. The molecule has 88 valence electrons. The minimum Gasteiger partial charge on any atom is -0.465 e. The maximum Gasteiger partial charge on any atom is 0.325 e. The van der Waals surface area contributed by atoms with E-state index in [1.807, 2.05) is 0 Å². The van der Waals surface area contributed by atoms with Crippen molar-refractivity contribution < 1.29 is 18.5 Å². The van der Waals surface area contributed by atoms with Crippen molar-refractivity contribution in [1.82, 2.24) is 10.6 Å². The van der Waals surface area contributed by atoms with E-state index in [-0.39, 0.29) is 13.2 Å². The van der Waals surface area contributed by atoms with Crippen molar-refractivity contribution in [1.29, 1.82) is 0 Å². The second-order valence-electron chi connectivity index (χ2n) is 2.69. The molecule has 0 rings (SSSR count). The lowest BCUT2D eigenvalue weighted by atomic mass is 10.6. The third-order valence-corrected chi connectivity index (χ3v) is 2.15. The van der Waals surface area contributed by atoms with Crippen LogP contribution in [0, 0.1) is 0 Å². The minimum atomic E-state index is -0.932. The van der Waals surface area contributed by atoms with Crippen LogP contribution in [0.4, 0.5) is 4.79 Å². The van der Waals surface area contributed by atoms with Crippen LogP contribution in [0.2, 0.25) is 0 Å². The number of ether oxygens (including phenoxy) is 1. The van der Waals surface area contributed by atoms with Crippen molar-refractivity contribution in [3.63, 3.8) is 0 Å². The number of esters is 1. The zero-order valence-electron chi connectivity index (χ0n) is 8.87. The lowest BCUT2D eigenvalue weighted by Crippen LogP contribution is -2.40. The third-order valence-electron chi connectivity index (χ3n) is 1.37. The van der Waals surface area contributed by atoms with E-state index in [9.17, 15) is 13.8 Å². The van der Waals surface area contributed by atoms with Crippen LogP contribution in [0.5, 0.6) is 0 Å². The summed E-state index contributed by atoms with van der Waals surface area (Å²) in [6.45, 7) is 2.14. The van der Waals surface area contributed by atoms with Gasteiger partial charge in [0.25, 0.3) is 0 Å². The number of carbonyl (C=O) groups excluding carboxylic acids is 2. The molecule has 6 nitrogen and oxygen atoms in total. The summed E-state index contributed by atoms with van der Waals surface area (Å²) in [5, 5.41) is 4.78. The van der Waals surface area contributed by atoms with E-state index in [1.165, 1.54) is 0 Å². The van der Waals surface area contributed by atoms with Crippen LogP contribution in [0.25, 0.3) is 0 Å². The summed E-state index contributed by atoms with van der Waals surface area (Å²) >= 11 is 0. The van der Waals surface area contributed by atoms with E-state index >= 15 is 0 Å². The molecule has 0 spiro atoms. The van der Waals surface area contributed by atoms with Gasteiger partial charge >= 0.3 is 12.0 Å². The Bertz CT molecular complexity index is 245. The molecule has 0 saturated heterocycles. The Hall–Kier alpha value is -1.11. The second-order valence-corrected chi connectivity index (χ2v) is 4.25. The Balaban J connectivity index is 3.49. The quantitative estimate of drug-likeness (QED) is 0.593. The van der Waals surface area contributed by atoms with Crippen molar-refractivity contribution in [2.75, 3.05) is 31.7 Å². The Labute approximate surface area is 91.2 Å². The Kier molecular flexibility index (Phi) is 7.61. The van der Waals surface area contributed by atoms with Gasteiger partial charge in [-0.05, 0) is 6.92 Å². The number of carbonyl (C=O) groups is 2. The van der Waals surface area contributed by atoms with Crippen molar-refractivity contribution >= 4 is 22.8 Å². The van der Waals surface area contributed by atoms with Crippen molar-refractivity contribution in [2.45, 2.75) is 6.92 Å². The summed E-state index contributed by atoms with van der Waals surface area (Å²) in [6.07, 6.45) is 1.55. The van der Waals surface area contributed by atoms with E-state index in [0.29, 0.717) is 12.3 Å². The van der Waals surface area contributed by atoms with Gasteiger partial charge in [-0.25, -0.2) is 4.79 Å². The van der Waals surface area contributed by atoms with Crippen molar-refractivity contribution in [2.24, 2.45) is 0 Å². The zero-order valence-corrected chi connectivity index (χ0v) is 9.69. The zero-order chi connectivity index (χ0) is 11.7. The van der Waals surface area contributed by atoms with Crippen LogP contribution >= 0.6 is 0 Å². The van der Waals surface area contributed by atoms with Gasteiger partial charge in [-0.1, -0.05) is 0 Å². The lowest BCUT2D eigenvalue weighted by molar-refractivity contribution is -0.141. The molecule has 0 saturated carbocycles. The molecule has 1 atom stereocenters. The first kappa shape index (κ1) is 13.9. The summed E-state index contributed by atoms with van der Waals surface area (Å²) in [6, 6.07) is -0.464. The topological polar surface area (TPSA) is 84.5 Å². The van der Waals surface area contributed by atoms with Gasteiger partial charge in [0.2, 0.25) is 0 Å². The number of nitrogens with one attached hydrogen (secondary N) is 2. The van der Waals surface area contributed by atoms with Gasteiger partial charge < -0.3 is 15.4 Å². The van der Waals surface area contributed by atoms with Crippen LogP contribution in [0.1, 0.15) is 6.92 Å². The monoisotopic (exact) mass is 236 g/mol. The highest BCUT2D eigenvalue weighted by Gasteiger charge is 2.04. The molecule has 0 aromatic heterocycles. The Morgan fingerprint density at radius 3 is 2.53 bits per heavy atom. The predicted molar refractivity (Wildman–Crippen MR) is 57.0 cm³/mol. The molecule has 0 aliphatic rings. The fourth-order valence-corrected chi connectivity index (χ4v) is 1.12. The molecule has 0 aliphatic heterocycles. The largest absolute Gasteiger partial charge is 0.465 e. The van der Waals surface area contributed by atoms with Crippen molar-refractivity contribution in [3.05, 3.63) is 0 Å². The van der Waals surface area contributed by atoms with Gasteiger partial charge in [0.1, 0.15) is 6.54 Å². The Morgan fingerprint density at radius 1 is 1.33 bits per heavy atom. The molecule has 0 heterocycles. The van der Waals surface area contributed by atoms with Crippen LogP contribution in [0.3, 0.4) is 0 Å². The van der Waals surface area contributed by atoms with E-state index in [4.69, 9.17) is 0 Å². The van der Waals surface area contributed by atoms with E-state index < -0.39 is 22.8 Å². The first-order valence-corrected chi connectivity index (χ1v) is 6.26. The molecule has 0 radical (unpaired) electrons. The molecule has 0 fully saturated rings. The van der Waals surface area contributed by atoms with E-state index in [1.54, 1.807) is 13.2 Å². The van der Waals surface area contributed by atoms with Crippen LogP contribution in [-0.2, 0) is 20.3 Å². The Morgan fingerprint density at radius 2 is 2.00 bits per heavy atom. The summed E-state index contributed by atoms with van der Waals surface area (Å²) in [7, 11) is -0.932. The maximum atomic E-state index is 11.0. The number of urea groups is 1. The molecule has 7 heteroatoms. The van der Waals surface area contributed by atoms with Crippen molar-refractivity contribution in [3.8, 4) is 0 Å². The molecule has 15 heavy (non-hydrogen) atoms. The summed E-state index contributed by atoms with van der Waals surface area (Å²) in [5.74, 6) is -0.0842. The van der Waals surface area contributed by atoms with Crippen LogP contribution in [-0.4, -0.2) is 47.9 Å². The smallest absolute Gasteiger partial charge is 0.325 e. The van der Waals surface area contributed by atoms with Gasteiger partial charge in [0.15, 0.2) is 0 Å².